The third kappa shape index (κ3) is 21.6. The Labute approximate surface area is 284 Å². The van der Waals surface area contributed by atoms with E-state index in [0.29, 0.717) is 18.1 Å². The summed E-state index contributed by atoms with van der Waals surface area (Å²) in [5, 5.41) is 0. The van der Waals surface area contributed by atoms with Crippen LogP contribution < -0.4 is 9.05 Å². The van der Waals surface area contributed by atoms with Gasteiger partial charge in [-0.25, -0.2) is 0 Å². The van der Waals surface area contributed by atoms with Crippen molar-refractivity contribution in [3.63, 3.8) is 0 Å². The van der Waals surface area contributed by atoms with Crippen molar-refractivity contribution >= 4 is 17.2 Å². The topological polar surface area (TPSA) is 88.4 Å². The number of hydrogen-bond acceptors (Lipinski definition) is 6. The molecule has 8 heteroatoms. The first-order chi connectivity index (χ1) is 21.8. The van der Waals surface area contributed by atoms with Gasteiger partial charge in [0.05, 0.1) is 6.61 Å². The molecule has 3 N–H and O–H groups in total. The van der Waals surface area contributed by atoms with Crippen LogP contribution in [0.4, 0.5) is 0 Å². The molecule has 0 bridgehead atoms. The summed E-state index contributed by atoms with van der Waals surface area (Å²) < 4.78 is 15.8. The van der Waals surface area contributed by atoms with Gasteiger partial charge in [-0.1, -0.05) is 175 Å². The van der Waals surface area contributed by atoms with Crippen molar-refractivity contribution < 1.29 is 28.3 Å². The molecule has 2 rings (SSSR count). The van der Waals surface area contributed by atoms with Crippen molar-refractivity contribution in [3.8, 4) is 11.5 Å². The first-order valence-corrected chi connectivity index (χ1v) is 20.0. The Morgan fingerprint density at radius 3 is 1.48 bits per heavy atom. The van der Waals surface area contributed by atoms with Crippen LogP contribution in [-0.4, -0.2) is 21.3 Å². The molecule has 0 aliphatic heterocycles. The van der Waals surface area contributed by atoms with Crippen LogP contribution in [0.5, 0.6) is 11.5 Å². The largest absolute Gasteiger partial charge is 0.427 e. The molecule has 46 heavy (non-hydrogen) atoms. The van der Waals surface area contributed by atoms with E-state index in [1.165, 1.54) is 102 Å². The number of hydrogen-bond donors (Lipinski definition) is 3. The van der Waals surface area contributed by atoms with Crippen LogP contribution in [0.1, 0.15) is 162 Å². The van der Waals surface area contributed by atoms with E-state index in [0.717, 1.165) is 12.0 Å². The molecule has 0 spiro atoms. The van der Waals surface area contributed by atoms with Gasteiger partial charge in [0.2, 0.25) is 0 Å². The van der Waals surface area contributed by atoms with Crippen LogP contribution in [0.15, 0.2) is 48.5 Å². The third-order valence-electron chi connectivity index (χ3n) is 7.96. The van der Waals surface area contributed by atoms with Gasteiger partial charge in [-0.2, -0.15) is 0 Å². The van der Waals surface area contributed by atoms with Gasteiger partial charge < -0.3 is 28.3 Å². The van der Waals surface area contributed by atoms with E-state index in [1.54, 1.807) is 0 Å². The Balaban J connectivity index is 0.000000506. The fourth-order valence-electron chi connectivity index (χ4n) is 5.14. The molecule has 0 aliphatic carbocycles. The van der Waals surface area contributed by atoms with Crippen LogP contribution in [0.2, 0.25) is 0 Å². The lowest BCUT2D eigenvalue weighted by molar-refractivity contribution is 0.253. The van der Waals surface area contributed by atoms with E-state index >= 15 is 0 Å². The Bertz CT molecular complexity index is 1000. The highest BCUT2D eigenvalue weighted by atomic mass is 31.2. The van der Waals surface area contributed by atoms with Gasteiger partial charge in [-0.15, -0.1) is 0 Å². The quantitative estimate of drug-likeness (QED) is 0.0847. The van der Waals surface area contributed by atoms with E-state index in [1.807, 2.05) is 42.5 Å². The molecule has 0 radical (unpaired) electrons. The fourth-order valence-corrected chi connectivity index (χ4v) is 6.12. The standard InChI is InChI=1S/C24H43O3P.C14H23O3P/c1-2-3-4-5-6-7-8-9-10-11-12-13-14-15-16-20-23-26-28(25)27-24-21-18-17-19-22-24;1-13(2,3)10-7-8-12(17-18(15)16)11(9-10)14(4,5)6/h17-19,21-22,25H,2-16,20,23H2,1H3;7-9,15-16H,1-6H3. The van der Waals surface area contributed by atoms with Gasteiger partial charge in [-0.05, 0) is 41.0 Å². The molecule has 0 saturated carbocycles. The molecule has 2 aromatic carbocycles. The van der Waals surface area contributed by atoms with Gasteiger partial charge in [0.15, 0.2) is 0 Å². The smallest absolute Gasteiger partial charge is 0.394 e. The molecule has 1 unspecified atom stereocenters. The Kier molecular flexibility index (Phi) is 23.1. The predicted molar refractivity (Wildman–Crippen MR) is 198 cm³/mol. The number of rotatable bonds is 22. The van der Waals surface area contributed by atoms with E-state index in [4.69, 9.17) is 23.4 Å². The zero-order chi connectivity index (χ0) is 34.3. The van der Waals surface area contributed by atoms with Gasteiger partial charge in [0, 0.05) is 5.56 Å². The minimum absolute atomic E-state index is 0.0572. The minimum atomic E-state index is -2.38. The molecule has 6 nitrogen and oxygen atoms in total. The maximum Gasteiger partial charge on any atom is 0.394 e. The lowest BCUT2D eigenvalue weighted by atomic mass is 9.80. The second kappa shape index (κ2) is 24.8. The maximum atomic E-state index is 9.75. The van der Waals surface area contributed by atoms with Crippen LogP contribution >= 0.6 is 17.2 Å². The summed E-state index contributed by atoms with van der Waals surface area (Å²) in [6.45, 7) is 15.6. The summed E-state index contributed by atoms with van der Waals surface area (Å²) >= 11 is 0. The van der Waals surface area contributed by atoms with Crippen LogP contribution in [0, 0.1) is 0 Å². The molecule has 0 saturated heterocycles. The highest BCUT2D eigenvalue weighted by Crippen LogP contribution is 2.40. The van der Waals surface area contributed by atoms with Crippen molar-refractivity contribution in [2.45, 2.75) is 162 Å². The summed E-state index contributed by atoms with van der Waals surface area (Å²) in [6, 6.07) is 15.2. The molecule has 0 aliphatic rings. The summed E-state index contributed by atoms with van der Waals surface area (Å²) in [6.07, 6.45) is 21.7. The zero-order valence-corrected chi connectivity index (χ0v) is 31.9. The molecule has 1 atom stereocenters. The molecule has 0 fully saturated rings. The molecular formula is C38H66O6P2. The number of unbranched alkanes of at least 4 members (excludes halogenated alkanes) is 15. The van der Waals surface area contributed by atoms with Gasteiger partial charge in [-0.3, -0.25) is 0 Å². The lowest BCUT2D eigenvalue weighted by Crippen LogP contribution is -2.17. The molecule has 0 heterocycles. The van der Waals surface area contributed by atoms with Gasteiger partial charge in [0.25, 0.3) is 0 Å². The maximum absolute atomic E-state index is 9.75. The predicted octanol–water partition coefficient (Wildman–Crippen LogP) is 12.4. The summed E-state index contributed by atoms with van der Waals surface area (Å²) in [7, 11) is -4.18. The van der Waals surface area contributed by atoms with Crippen LogP contribution in [0.25, 0.3) is 0 Å². The SMILES string of the molecule is CC(C)(C)c1ccc(OP(O)O)c(C(C)(C)C)c1.CCCCCCCCCCCCCCCCCCOP(O)Oc1ccccc1. The van der Waals surface area contributed by atoms with Crippen molar-refractivity contribution in [2.75, 3.05) is 6.61 Å². The molecular weight excluding hydrogens is 614 g/mol. The molecule has 0 amide bonds. The van der Waals surface area contributed by atoms with E-state index in [2.05, 4.69) is 54.5 Å². The normalized spacial score (nSPS) is 12.5. The Morgan fingerprint density at radius 1 is 0.565 bits per heavy atom. The van der Waals surface area contributed by atoms with Crippen LogP contribution in [-0.2, 0) is 15.4 Å². The van der Waals surface area contributed by atoms with Crippen molar-refractivity contribution in [1.29, 1.82) is 0 Å². The summed E-state index contributed by atoms with van der Waals surface area (Å²) in [4.78, 5) is 27.8. The lowest BCUT2D eigenvalue weighted by Gasteiger charge is -2.27. The minimum Gasteiger partial charge on any atom is -0.427 e. The average molecular weight is 681 g/mol. The number of benzene rings is 2. The number of para-hydroxylation sites is 1. The Morgan fingerprint density at radius 2 is 1.04 bits per heavy atom. The summed E-state index contributed by atoms with van der Waals surface area (Å²) in [5.41, 5.74) is 2.15. The zero-order valence-electron chi connectivity index (χ0n) is 30.1. The van der Waals surface area contributed by atoms with E-state index < -0.39 is 17.2 Å². The second-order valence-electron chi connectivity index (χ2n) is 14.3. The fraction of sp³-hybridized carbons (Fsp3) is 0.684. The summed E-state index contributed by atoms with van der Waals surface area (Å²) in [5.74, 6) is 1.20. The van der Waals surface area contributed by atoms with Gasteiger partial charge >= 0.3 is 17.2 Å². The van der Waals surface area contributed by atoms with Crippen molar-refractivity contribution in [2.24, 2.45) is 0 Å². The van der Waals surface area contributed by atoms with E-state index in [9.17, 15) is 4.89 Å². The second-order valence-corrected chi connectivity index (χ2v) is 15.9. The third-order valence-corrected chi connectivity index (χ3v) is 9.09. The van der Waals surface area contributed by atoms with Gasteiger partial charge in [0.1, 0.15) is 11.5 Å². The average Bonchev–Trinajstić information content (AvgIpc) is 2.98. The highest BCUT2D eigenvalue weighted by Gasteiger charge is 2.24. The van der Waals surface area contributed by atoms with Crippen LogP contribution in [0.3, 0.4) is 0 Å². The van der Waals surface area contributed by atoms with E-state index in [-0.39, 0.29) is 10.8 Å². The Hall–Kier alpha value is -1.26. The molecule has 2 aromatic rings. The molecule has 0 aromatic heterocycles. The highest BCUT2D eigenvalue weighted by molar-refractivity contribution is 7.41. The first kappa shape index (κ1) is 42.8. The van der Waals surface area contributed by atoms with Crippen molar-refractivity contribution in [1.82, 2.24) is 0 Å². The molecule has 264 valence electrons. The monoisotopic (exact) mass is 680 g/mol. The first-order valence-electron chi connectivity index (χ1n) is 17.7. The van der Waals surface area contributed by atoms with Crippen molar-refractivity contribution in [3.05, 3.63) is 59.7 Å².